The topological polar surface area (TPSA) is 147 Å². The summed E-state index contributed by atoms with van der Waals surface area (Å²) in [5, 5.41) is 32.8. The largest absolute Gasteiger partial charge is 0.507 e. The van der Waals surface area contributed by atoms with Crippen molar-refractivity contribution in [2.24, 2.45) is 0 Å². The fraction of sp³-hybridized carbons (Fsp3) is 0.176. The van der Waals surface area contributed by atoms with Crippen LogP contribution in [0.15, 0.2) is 84.9 Å². The second kappa shape index (κ2) is 14.0. The highest BCUT2D eigenvalue weighted by Crippen LogP contribution is 2.46. The maximum absolute atomic E-state index is 14.1. The van der Waals surface area contributed by atoms with Crippen molar-refractivity contribution in [1.29, 1.82) is 0 Å². The molecule has 9 heteroatoms. The van der Waals surface area contributed by atoms with Gasteiger partial charge in [0, 0.05) is 5.56 Å². The molecule has 0 atom stereocenters. The van der Waals surface area contributed by atoms with Crippen molar-refractivity contribution in [3.05, 3.63) is 118 Å². The Bertz CT molecular complexity index is 1640. The highest BCUT2D eigenvalue weighted by Gasteiger charge is 2.38. The fourth-order valence-corrected chi connectivity index (χ4v) is 4.47. The van der Waals surface area contributed by atoms with Crippen LogP contribution in [-0.2, 0) is 4.74 Å². The van der Waals surface area contributed by atoms with Crippen LogP contribution in [0.5, 0.6) is 23.0 Å². The van der Waals surface area contributed by atoms with E-state index in [1.165, 1.54) is 48.5 Å². The lowest BCUT2D eigenvalue weighted by atomic mass is 9.88. The normalized spacial score (nSPS) is 10.6. The zero-order valence-corrected chi connectivity index (χ0v) is 23.4. The molecule has 0 aliphatic heterocycles. The minimum atomic E-state index is -1.16. The van der Waals surface area contributed by atoms with E-state index in [1.807, 2.05) is 6.92 Å². The molecule has 0 bridgehead atoms. The van der Waals surface area contributed by atoms with Gasteiger partial charge in [0.15, 0.2) is 17.3 Å². The molecule has 0 spiro atoms. The molecule has 0 aromatic heterocycles. The Morgan fingerprint density at radius 1 is 0.605 bits per heavy atom. The van der Waals surface area contributed by atoms with Gasteiger partial charge in [0.1, 0.15) is 5.75 Å². The Hall–Kier alpha value is -5.44. The second-order valence-corrected chi connectivity index (χ2v) is 9.64. The predicted octanol–water partition coefficient (Wildman–Crippen LogP) is 6.22. The van der Waals surface area contributed by atoms with E-state index in [9.17, 15) is 34.5 Å². The first-order valence-corrected chi connectivity index (χ1v) is 13.7. The van der Waals surface area contributed by atoms with Crippen molar-refractivity contribution in [3.8, 4) is 23.0 Å². The van der Waals surface area contributed by atoms with Crippen molar-refractivity contribution < 1.29 is 44.0 Å². The summed E-state index contributed by atoms with van der Waals surface area (Å²) in [7, 11) is 0. The number of carbonyl (C=O) groups excluding carboxylic acids is 4. The number of hydrogen-bond donors (Lipinski definition) is 3. The standard InChI is InChI=1S/C34H30O9/c1-2-3-4-13-20-42-34(41)25-26(28(36)21-14-7-5-8-15-21)30(38)31(39)32(43-33(40)22-16-9-6-10-17-22)27(25)29(37)23-18-11-12-19-24(23)35/h5-12,14-19,35,38-39H,2-4,13,20H2,1H3. The Kier molecular flexibility index (Phi) is 9.90. The summed E-state index contributed by atoms with van der Waals surface area (Å²) in [4.78, 5) is 54.6. The van der Waals surface area contributed by atoms with Gasteiger partial charge >= 0.3 is 11.9 Å². The summed E-state index contributed by atoms with van der Waals surface area (Å²) >= 11 is 0. The quantitative estimate of drug-likeness (QED) is 0.0582. The third-order valence-electron chi connectivity index (χ3n) is 6.68. The number of ketones is 2. The predicted molar refractivity (Wildman–Crippen MR) is 157 cm³/mol. The fourth-order valence-electron chi connectivity index (χ4n) is 4.47. The van der Waals surface area contributed by atoms with E-state index in [-0.39, 0.29) is 23.3 Å². The number of aromatic hydroxyl groups is 3. The highest BCUT2D eigenvalue weighted by atomic mass is 16.5. The Labute approximate surface area is 248 Å². The lowest BCUT2D eigenvalue weighted by molar-refractivity contribution is 0.0489. The van der Waals surface area contributed by atoms with Crippen LogP contribution in [0.4, 0.5) is 0 Å². The van der Waals surface area contributed by atoms with E-state index < -0.39 is 63.2 Å². The third kappa shape index (κ3) is 6.73. The number of carbonyl (C=O) groups is 4. The molecule has 0 radical (unpaired) electrons. The number of phenolic OH excluding ortho intramolecular Hbond substituents is 3. The summed E-state index contributed by atoms with van der Waals surface area (Å²) < 4.78 is 10.9. The first-order chi connectivity index (χ1) is 20.8. The van der Waals surface area contributed by atoms with Crippen molar-refractivity contribution in [2.75, 3.05) is 6.61 Å². The molecule has 0 saturated heterocycles. The van der Waals surface area contributed by atoms with Crippen molar-refractivity contribution in [1.82, 2.24) is 0 Å². The molecule has 0 aliphatic carbocycles. The maximum Gasteiger partial charge on any atom is 0.343 e. The van der Waals surface area contributed by atoms with E-state index in [4.69, 9.17) is 9.47 Å². The number of esters is 2. The third-order valence-corrected chi connectivity index (χ3v) is 6.68. The molecule has 0 aliphatic rings. The Morgan fingerprint density at radius 2 is 1.21 bits per heavy atom. The Morgan fingerprint density at radius 3 is 1.84 bits per heavy atom. The van der Waals surface area contributed by atoms with Crippen LogP contribution in [-0.4, -0.2) is 45.4 Å². The summed E-state index contributed by atoms with van der Waals surface area (Å²) in [5.41, 5.74) is -2.43. The molecule has 4 rings (SSSR count). The number of unbranched alkanes of at least 4 members (excludes halogenated alkanes) is 3. The molecule has 0 heterocycles. The van der Waals surface area contributed by atoms with Crippen molar-refractivity contribution in [3.63, 3.8) is 0 Å². The highest BCUT2D eigenvalue weighted by molar-refractivity contribution is 6.24. The SMILES string of the molecule is CCCCCCOC(=O)c1c(C(=O)c2ccccc2)c(O)c(O)c(OC(=O)c2ccccc2)c1C(=O)c1ccccc1O. The zero-order chi connectivity index (χ0) is 30.9. The molecule has 220 valence electrons. The molecule has 0 amide bonds. The minimum absolute atomic E-state index is 0.0317. The van der Waals surface area contributed by atoms with Crippen LogP contribution in [0.2, 0.25) is 0 Å². The van der Waals surface area contributed by atoms with Gasteiger partial charge in [0.25, 0.3) is 0 Å². The number of para-hydroxylation sites is 1. The molecular formula is C34H30O9. The van der Waals surface area contributed by atoms with Crippen LogP contribution in [0.25, 0.3) is 0 Å². The number of ether oxygens (including phenoxy) is 2. The van der Waals surface area contributed by atoms with Crippen LogP contribution in [0.3, 0.4) is 0 Å². The molecule has 0 fully saturated rings. The van der Waals surface area contributed by atoms with Gasteiger partial charge in [0.05, 0.1) is 34.4 Å². The van der Waals surface area contributed by atoms with Crippen LogP contribution in [0, 0.1) is 0 Å². The van der Waals surface area contributed by atoms with Gasteiger partial charge in [-0.05, 0) is 30.7 Å². The van der Waals surface area contributed by atoms with E-state index in [0.29, 0.717) is 6.42 Å². The van der Waals surface area contributed by atoms with Crippen molar-refractivity contribution >= 4 is 23.5 Å². The van der Waals surface area contributed by atoms with Gasteiger partial charge < -0.3 is 24.8 Å². The molecule has 3 N–H and O–H groups in total. The van der Waals surface area contributed by atoms with Crippen LogP contribution in [0.1, 0.15) is 85.2 Å². The number of phenols is 3. The van der Waals surface area contributed by atoms with Gasteiger partial charge in [-0.25, -0.2) is 9.59 Å². The van der Waals surface area contributed by atoms with Gasteiger partial charge in [0.2, 0.25) is 11.5 Å². The smallest absolute Gasteiger partial charge is 0.343 e. The monoisotopic (exact) mass is 582 g/mol. The number of hydrogen-bond acceptors (Lipinski definition) is 9. The van der Waals surface area contributed by atoms with Gasteiger partial charge in [-0.3, -0.25) is 9.59 Å². The zero-order valence-electron chi connectivity index (χ0n) is 23.4. The van der Waals surface area contributed by atoms with Crippen molar-refractivity contribution in [2.45, 2.75) is 32.6 Å². The van der Waals surface area contributed by atoms with E-state index in [0.717, 1.165) is 19.3 Å². The van der Waals surface area contributed by atoms with E-state index in [2.05, 4.69) is 0 Å². The summed E-state index contributed by atoms with van der Waals surface area (Å²) in [6, 6.07) is 20.6. The van der Waals surface area contributed by atoms with E-state index >= 15 is 0 Å². The van der Waals surface area contributed by atoms with E-state index in [1.54, 1.807) is 36.4 Å². The molecule has 43 heavy (non-hydrogen) atoms. The summed E-state index contributed by atoms with van der Waals surface area (Å²) in [5.74, 6) is -7.72. The van der Waals surface area contributed by atoms with Crippen LogP contribution >= 0.6 is 0 Å². The first-order valence-electron chi connectivity index (χ1n) is 13.7. The molecular weight excluding hydrogens is 552 g/mol. The maximum atomic E-state index is 14.1. The lowest BCUT2D eigenvalue weighted by Gasteiger charge is -2.20. The average molecular weight is 583 g/mol. The molecule has 4 aromatic rings. The van der Waals surface area contributed by atoms with Gasteiger partial charge in [-0.15, -0.1) is 0 Å². The summed E-state index contributed by atoms with van der Waals surface area (Å²) in [6.07, 6.45) is 3.07. The molecule has 0 unspecified atom stereocenters. The van der Waals surface area contributed by atoms with Gasteiger partial charge in [-0.1, -0.05) is 86.8 Å². The molecule has 0 saturated carbocycles. The molecule has 9 nitrogen and oxygen atoms in total. The summed E-state index contributed by atoms with van der Waals surface area (Å²) in [6.45, 7) is 1.95. The van der Waals surface area contributed by atoms with Gasteiger partial charge in [-0.2, -0.15) is 0 Å². The number of rotatable bonds is 12. The lowest BCUT2D eigenvalue weighted by Crippen LogP contribution is -2.22. The minimum Gasteiger partial charge on any atom is -0.507 e. The average Bonchev–Trinajstić information content (AvgIpc) is 3.03. The van der Waals surface area contributed by atoms with Crippen LogP contribution < -0.4 is 4.74 Å². The molecule has 4 aromatic carbocycles. The second-order valence-electron chi connectivity index (χ2n) is 9.64. The Balaban J connectivity index is 1.99. The first kappa shape index (κ1) is 30.5. The number of benzene rings is 4.